The third-order valence-corrected chi connectivity index (χ3v) is 5.68. The predicted octanol–water partition coefficient (Wildman–Crippen LogP) is 2.51. The molecule has 3 amide bonds. The fourth-order valence-electron chi connectivity index (χ4n) is 4.03. The van der Waals surface area contributed by atoms with Gasteiger partial charge in [0.05, 0.1) is 13.2 Å². The maximum absolute atomic E-state index is 12.9. The third-order valence-electron chi connectivity index (χ3n) is 5.44. The molecule has 2 aliphatic heterocycles. The lowest BCUT2D eigenvalue weighted by atomic mass is 10.1. The van der Waals surface area contributed by atoms with Gasteiger partial charge in [0.25, 0.3) is 5.91 Å². The van der Waals surface area contributed by atoms with Crippen molar-refractivity contribution in [1.82, 2.24) is 9.80 Å². The maximum atomic E-state index is 12.9. The lowest BCUT2D eigenvalue weighted by Gasteiger charge is -2.37. The zero-order valence-electron chi connectivity index (χ0n) is 15.6. The number of nitrogens with zero attached hydrogens (tertiary/aromatic N) is 2. The largest absolute Gasteiger partial charge is 0.449 e. The Balaban J connectivity index is 1.52. The number of hydrogen-bond donors (Lipinski definition) is 2. The average molecular weight is 407 g/mol. The molecule has 2 aromatic rings. The van der Waals surface area contributed by atoms with Crippen molar-refractivity contribution in [1.29, 1.82) is 0 Å². The van der Waals surface area contributed by atoms with Gasteiger partial charge in [-0.3, -0.25) is 9.69 Å². The molecule has 150 valence electrons. The number of urea groups is 1. The molecule has 9 heteroatoms. The van der Waals surface area contributed by atoms with Gasteiger partial charge in [-0.15, -0.1) is 0 Å². The van der Waals surface area contributed by atoms with Crippen molar-refractivity contribution in [2.24, 2.45) is 5.73 Å². The van der Waals surface area contributed by atoms with E-state index in [0.29, 0.717) is 47.8 Å². The number of halogens is 1. The van der Waals surface area contributed by atoms with E-state index in [1.54, 1.807) is 23.1 Å². The standard InChI is InChI=1S/C19H23ClN4O4/c1-11-10-27-7-6-24(11)13-4-5-23(9-13)19(26)22-16-14-8-12(20)2-3-15(14)28-17(16)18(21)25/h2-3,8,11,13H,4-7,9-10H2,1H3,(H2,21,25)(H,22,26)/t11-,13+/m0/s1. The van der Waals surface area contributed by atoms with E-state index < -0.39 is 5.91 Å². The van der Waals surface area contributed by atoms with Gasteiger partial charge < -0.3 is 25.1 Å². The molecule has 28 heavy (non-hydrogen) atoms. The minimum atomic E-state index is -0.746. The van der Waals surface area contributed by atoms with Crippen molar-refractivity contribution in [2.45, 2.75) is 25.4 Å². The number of nitrogens with two attached hydrogens (primary N) is 1. The predicted molar refractivity (Wildman–Crippen MR) is 106 cm³/mol. The SMILES string of the molecule is C[C@H]1COCCN1[C@@H]1CCN(C(=O)Nc2c(C(N)=O)oc3ccc(Cl)cc23)C1. The van der Waals surface area contributed by atoms with Gasteiger partial charge in [-0.25, -0.2) is 4.79 Å². The minimum Gasteiger partial charge on any atom is -0.449 e. The van der Waals surface area contributed by atoms with Crippen LogP contribution in [0.3, 0.4) is 0 Å². The Kier molecular flexibility index (Phi) is 5.18. The molecule has 2 fully saturated rings. The van der Waals surface area contributed by atoms with E-state index in [1.165, 1.54) is 0 Å². The number of ether oxygens (including phenoxy) is 1. The van der Waals surface area contributed by atoms with Gasteiger partial charge >= 0.3 is 6.03 Å². The molecule has 1 aromatic carbocycles. The summed E-state index contributed by atoms with van der Waals surface area (Å²) in [6, 6.07) is 5.29. The highest BCUT2D eigenvalue weighted by Gasteiger charge is 2.34. The van der Waals surface area contributed by atoms with Gasteiger partial charge in [0.2, 0.25) is 5.76 Å². The van der Waals surface area contributed by atoms with Crippen LogP contribution >= 0.6 is 11.6 Å². The lowest BCUT2D eigenvalue weighted by Crippen LogP contribution is -2.50. The first-order valence-electron chi connectivity index (χ1n) is 9.35. The number of rotatable bonds is 3. The second kappa shape index (κ2) is 7.62. The van der Waals surface area contributed by atoms with Crippen LogP contribution in [0.25, 0.3) is 11.0 Å². The number of carbonyl (C=O) groups is 2. The molecule has 0 aliphatic carbocycles. The Morgan fingerprint density at radius 3 is 2.89 bits per heavy atom. The summed E-state index contributed by atoms with van der Waals surface area (Å²) in [6.07, 6.45) is 0.901. The fraction of sp³-hybridized carbons (Fsp3) is 0.474. The minimum absolute atomic E-state index is 0.0804. The monoisotopic (exact) mass is 406 g/mol. The summed E-state index contributed by atoms with van der Waals surface area (Å²) in [5, 5.41) is 3.83. The van der Waals surface area contributed by atoms with Crippen molar-refractivity contribution in [3.8, 4) is 0 Å². The summed E-state index contributed by atoms with van der Waals surface area (Å²) in [5.41, 5.74) is 6.13. The quantitative estimate of drug-likeness (QED) is 0.815. The van der Waals surface area contributed by atoms with Crippen LogP contribution in [0.2, 0.25) is 5.02 Å². The first kappa shape index (κ1) is 19.0. The molecule has 0 unspecified atom stereocenters. The van der Waals surface area contributed by atoms with Crippen molar-refractivity contribution in [3.05, 3.63) is 29.0 Å². The Morgan fingerprint density at radius 2 is 2.14 bits per heavy atom. The van der Waals surface area contributed by atoms with Gasteiger partial charge in [0.1, 0.15) is 11.3 Å². The molecular formula is C19H23ClN4O4. The highest BCUT2D eigenvalue weighted by atomic mass is 35.5. The molecule has 0 spiro atoms. The van der Waals surface area contributed by atoms with Crippen LogP contribution in [-0.2, 0) is 4.74 Å². The van der Waals surface area contributed by atoms with E-state index in [-0.39, 0.29) is 17.5 Å². The number of morpholine rings is 1. The summed E-state index contributed by atoms with van der Waals surface area (Å²) >= 11 is 6.07. The number of primary amides is 1. The van der Waals surface area contributed by atoms with Crippen LogP contribution in [0.4, 0.5) is 10.5 Å². The normalized spacial score (nSPS) is 23.3. The number of benzene rings is 1. The topological polar surface area (TPSA) is 101 Å². The van der Waals surface area contributed by atoms with Crippen molar-refractivity contribution in [2.75, 3.05) is 38.2 Å². The fourth-order valence-corrected chi connectivity index (χ4v) is 4.20. The second-order valence-corrected chi connectivity index (χ2v) is 7.73. The average Bonchev–Trinajstić information content (AvgIpc) is 3.28. The number of carbonyl (C=O) groups excluding carboxylic acids is 2. The number of amides is 3. The van der Waals surface area contributed by atoms with Crippen molar-refractivity contribution < 1.29 is 18.7 Å². The van der Waals surface area contributed by atoms with Crippen LogP contribution in [0.5, 0.6) is 0 Å². The first-order chi connectivity index (χ1) is 13.4. The second-order valence-electron chi connectivity index (χ2n) is 7.29. The Labute approximate surface area is 167 Å². The lowest BCUT2D eigenvalue weighted by molar-refractivity contribution is -0.0192. The molecule has 3 N–H and O–H groups in total. The molecule has 4 rings (SSSR count). The molecule has 0 radical (unpaired) electrons. The number of fused-ring (bicyclic) bond motifs is 1. The van der Waals surface area contributed by atoms with Crippen molar-refractivity contribution >= 4 is 40.2 Å². The highest BCUT2D eigenvalue weighted by molar-refractivity contribution is 6.31. The molecule has 0 bridgehead atoms. The van der Waals surface area contributed by atoms with Crippen LogP contribution < -0.4 is 11.1 Å². The van der Waals surface area contributed by atoms with Gasteiger partial charge in [-0.2, -0.15) is 0 Å². The van der Waals surface area contributed by atoms with E-state index in [2.05, 4.69) is 17.1 Å². The highest BCUT2D eigenvalue weighted by Crippen LogP contribution is 2.33. The summed E-state index contributed by atoms with van der Waals surface area (Å²) in [6.45, 7) is 5.71. The van der Waals surface area contributed by atoms with Gasteiger partial charge in [0, 0.05) is 42.1 Å². The summed E-state index contributed by atoms with van der Waals surface area (Å²) in [4.78, 5) is 28.8. The smallest absolute Gasteiger partial charge is 0.322 e. The summed E-state index contributed by atoms with van der Waals surface area (Å²) in [5.74, 6) is -0.827. The maximum Gasteiger partial charge on any atom is 0.322 e. The number of anilines is 1. The van der Waals surface area contributed by atoms with E-state index in [9.17, 15) is 9.59 Å². The molecule has 2 atom stereocenters. The molecule has 2 saturated heterocycles. The molecule has 8 nitrogen and oxygen atoms in total. The van der Waals surface area contributed by atoms with Crippen molar-refractivity contribution in [3.63, 3.8) is 0 Å². The number of hydrogen-bond acceptors (Lipinski definition) is 5. The Hall–Kier alpha value is -2.29. The number of furan rings is 1. The van der Waals surface area contributed by atoms with Crippen LogP contribution in [0.1, 0.15) is 23.9 Å². The van der Waals surface area contributed by atoms with Gasteiger partial charge in [-0.05, 0) is 31.5 Å². The van der Waals surface area contributed by atoms with E-state index >= 15 is 0 Å². The molecule has 2 aliphatic rings. The van der Waals surface area contributed by atoms with Crippen LogP contribution in [0, 0.1) is 0 Å². The van der Waals surface area contributed by atoms with Crippen LogP contribution in [-0.4, -0.2) is 66.7 Å². The van der Waals surface area contributed by atoms with Gasteiger partial charge in [-0.1, -0.05) is 11.6 Å². The van der Waals surface area contributed by atoms with Crippen LogP contribution in [0.15, 0.2) is 22.6 Å². The van der Waals surface area contributed by atoms with E-state index in [1.807, 2.05) is 0 Å². The van der Waals surface area contributed by atoms with E-state index in [4.69, 9.17) is 26.5 Å². The van der Waals surface area contributed by atoms with Gasteiger partial charge in [0.15, 0.2) is 0 Å². The molecule has 0 saturated carbocycles. The number of nitrogens with one attached hydrogen (secondary N) is 1. The zero-order chi connectivity index (χ0) is 19.8. The molecular weight excluding hydrogens is 384 g/mol. The summed E-state index contributed by atoms with van der Waals surface area (Å²) < 4.78 is 11.0. The van der Waals surface area contributed by atoms with E-state index in [0.717, 1.165) is 19.6 Å². The molecule has 3 heterocycles. The molecule has 1 aromatic heterocycles. The third kappa shape index (κ3) is 3.55. The zero-order valence-corrected chi connectivity index (χ0v) is 16.4. The Morgan fingerprint density at radius 1 is 1.32 bits per heavy atom. The first-order valence-corrected chi connectivity index (χ1v) is 9.73. The Bertz CT molecular complexity index is 915. The number of likely N-dealkylation sites (tertiary alicyclic amines) is 1. The summed E-state index contributed by atoms with van der Waals surface area (Å²) in [7, 11) is 0.